The summed E-state index contributed by atoms with van der Waals surface area (Å²) in [4.78, 5) is 11.2. The number of alkyl halides is 3. The van der Waals surface area contributed by atoms with Crippen LogP contribution < -0.4 is 5.32 Å². The first kappa shape index (κ1) is 15.8. The van der Waals surface area contributed by atoms with Crippen LogP contribution in [-0.2, 0) is 9.05 Å². The lowest BCUT2D eigenvalue weighted by Gasteiger charge is -2.10. The number of halogens is 4. The van der Waals surface area contributed by atoms with E-state index in [1.807, 2.05) is 0 Å². The number of nitrogens with one attached hydrogen (secondary N) is 1. The average Bonchev–Trinajstić information content (AvgIpc) is 2.24. The number of benzene rings is 1. The fourth-order valence-electron chi connectivity index (χ4n) is 1.27. The highest BCUT2D eigenvalue weighted by Gasteiger charge is 2.28. The van der Waals surface area contributed by atoms with E-state index in [0.717, 1.165) is 12.1 Å². The van der Waals surface area contributed by atoms with Crippen molar-refractivity contribution in [1.82, 2.24) is 5.32 Å². The standard InChI is InChI=1S/C10H9ClF3NO3S/c1-6-2-3-7(19(11,17)18)4-8(6)9(16)15-5-10(12,13)14/h2-4H,5H2,1H3,(H,15,16). The SMILES string of the molecule is Cc1ccc(S(=O)(=O)Cl)cc1C(=O)NCC(F)(F)F. The quantitative estimate of drug-likeness (QED) is 0.870. The molecule has 1 aromatic rings. The molecule has 106 valence electrons. The van der Waals surface area contributed by atoms with Gasteiger partial charge < -0.3 is 5.32 Å². The van der Waals surface area contributed by atoms with Gasteiger partial charge in [0.15, 0.2) is 0 Å². The Bertz CT molecular complexity index is 599. The molecule has 9 heteroatoms. The van der Waals surface area contributed by atoms with Crippen LogP contribution in [0.15, 0.2) is 23.1 Å². The second-order valence-electron chi connectivity index (χ2n) is 3.71. The van der Waals surface area contributed by atoms with Crippen molar-refractivity contribution >= 4 is 25.6 Å². The first-order chi connectivity index (χ1) is 8.50. The molecule has 0 aliphatic carbocycles. The van der Waals surface area contributed by atoms with Gasteiger partial charge in [-0.1, -0.05) is 6.07 Å². The zero-order valence-corrected chi connectivity index (χ0v) is 11.2. The van der Waals surface area contributed by atoms with Crippen LogP contribution in [0, 0.1) is 6.92 Å². The van der Waals surface area contributed by atoms with E-state index in [-0.39, 0.29) is 10.5 Å². The number of aryl methyl sites for hydroxylation is 1. The van der Waals surface area contributed by atoms with Crippen LogP contribution in [-0.4, -0.2) is 27.0 Å². The van der Waals surface area contributed by atoms with Crippen LogP contribution in [0.25, 0.3) is 0 Å². The molecular formula is C10H9ClF3NO3S. The fraction of sp³-hybridized carbons (Fsp3) is 0.300. The Balaban J connectivity index is 3.03. The van der Waals surface area contributed by atoms with Gasteiger partial charge in [0.05, 0.1) is 4.90 Å². The van der Waals surface area contributed by atoms with Gasteiger partial charge in [-0.05, 0) is 24.6 Å². The van der Waals surface area contributed by atoms with E-state index in [9.17, 15) is 26.4 Å². The molecule has 1 rings (SSSR count). The molecule has 0 aliphatic rings. The Labute approximate surface area is 112 Å². The van der Waals surface area contributed by atoms with Crippen LogP contribution in [0.3, 0.4) is 0 Å². The van der Waals surface area contributed by atoms with E-state index in [2.05, 4.69) is 0 Å². The van der Waals surface area contributed by atoms with E-state index in [4.69, 9.17) is 10.7 Å². The highest BCUT2D eigenvalue weighted by atomic mass is 35.7. The molecule has 4 nitrogen and oxygen atoms in total. The minimum absolute atomic E-state index is 0.175. The summed E-state index contributed by atoms with van der Waals surface area (Å²) >= 11 is 0. The first-order valence-corrected chi connectivity index (χ1v) is 7.22. The number of carbonyl (C=O) groups is 1. The summed E-state index contributed by atoms with van der Waals surface area (Å²) in [6, 6.07) is 3.39. The lowest BCUT2D eigenvalue weighted by Crippen LogP contribution is -2.34. The minimum atomic E-state index is -4.54. The summed E-state index contributed by atoms with van der Waals surface area (Å²) in [6.45, 7) is -0.0315. The lowest BCUT2D eigenvalue weighted by atomic mass is 10.1. The Morgan fingerprint density at radius 1 is 1.37 bits per heavy atom. The number of amides is 1. The molecule has 1 N–H and O–H groups in total. The van der Waals surface area contributed by atoms with Gasteiger partial charge in [-0.15, -0.1) is 0 Å². The molecule has 0 bridgehead atoms. The monoisotopic (exact) mass is 315 g/mol. The maximum atomic E-state index is 12.0. The Kier molecular flexibility index (Phi) is 4.46. The van der Waals surface area contributed by atoms with E-state index in [1.54, 1.807) is 5.32 Å². The van der Waals surface area contributed by atoms with E-state index in [0.29, 0.717) is 5.56 Å². The van der Waals surface area contributed by atoms with Crippen molar-refractivity contribution < 1.29 is 26.4 Å². The molecule has 0 saturated carbocycles. The predicted octanol–water partition coefficient (Wildman–Crippen LogP) is 2.21. The van der Waals surface area contributed by atoms with Gasteiger partial charge in [0.1, 0.15) is 6.54 Å². The van der Waals surface area contributed by atoms with Gasteiger partial charge in [0, 0.05) is 16.2 Å². The molecule has 1 aromatic carbocycles. The third kappa shape index (κ3) is 4.71. The number of carbonyl (C=O) groups excluding carboxylic acids is 1. The van der Waals surface area contributed by atoms with Gasteiger partial charge in [-0.3, -0.25) is 4.79 Å². The van der Waals surface area contributed by atoms with Crippen molar-refractivity contribution in [3.63, 3.8) is 0 Å². The molecule has 0 unspecified atom stereocenters. The van der Waals surface area contributed by atoms with Crippen molar-refractivity contribution in [2.24, 2.45) is 0 Å². The Hall–Kier alpha value is -1.28. The largest absolute Gasteiger partial charge is 0.405 e. The maximum Gasteiger partial charge on any atom is 0.405 e. The van der Waals surface area contributed by atoms with Crippen LogP contribution in [0.4, 0.5) is 13.2 Å². The summed E-state index contributed by atoms with van der Waals surface area (Å²) in [6.07, 6.45) is -4.54. The second-order valence-corrected chi connectivity index (χ2v) is 6.28. The van der Waals surface area contributed by atoms with Crippen LogP contribution >= 0.6 is 10.7 Å². The molecule has 0 aliphatic heterocycles. The molecule has 0 spiro atoms. The topological polar surface area (TPSA) is 63.2 Å². The van der Waals surface area contributed by atoms with Gasteiger partial charge in [-0.2, -0.15) is 13.2 Å². The van der Waals surface area contributed by atoms with Gasteiger partial charge >= 0.3 is 6.18 Å². The van der Waals surface area contributed by atoms with Crippen molar-refractivity contribution in [2.45, 2.75) is 18.0 Å². The smallest absolute Gasteiger partial charge is 0.343 e. The molecule has 1 amide bonds. The molecule has 0 atom stereocenters. The van der Waals surface area contributed by atoms with Crippen LogP contribution in [0.1, 0.15) is 15.9 Å². The summed E-state index contributed by atoms with van der Waals surface area (Å²) in [5.41, 5.74) is 0.162. The van der Waals surface area contributed by atoms with Crippen molar-refractivity contribution in [2.75, 3.05) is 6.54 Å². The van der Waals surface area contributed by atoms with Crippen LogP contribution in [0.2, 0.25) is 0 Å². The Morgan fingerprint density at radius 2 is 1.95 bits per heavy atom. The number of hydrogen-bond acceptors (Lipinski definition) is 3. The molecule has 0 heterocycles. The Morgan fingerprint density at radius 3 is 2.42 bits per heavy atom. The number of rotatable bonds is 3. The number of hydrogen-bond donors (Lipinski definition) is 1. The highest BCUT2D eigenvalue weighted by molar-refractivity contribution is 8.13. The molecule has 0 aromatic heterocycles. The summed E-state index contributed by atoms with van der Waals surface area (Å²) < 4.78 is 58.1. The fourth-order valence-corrected chi connectivity index (χ4v) is 2.05. The van der Waals surface area contributed by atoms with Crippen molar-refractivity contribution in [1.29, 1.82) is 0 Å². The molecule has 0 radical (unpaired) electrons. The van der Waals surface area contributed by atoms with Crippen molar-refractivity contribution in [3.8, 4) is 0 Å². The normalized spacial score (nSPS) is 12.3. The zero-order valence-electron chi connectivity index (χ0n) is 9.58. The highest BCUT2D eigenvalue weighted by Crippen LogP contribution is 2.19. The molecule has 19 heavy (non-hydrogen) atoms. The van der Waals surface area contributed by atoms with Gasteiger partial charge in [0.2, 0.25) is 0 Å². The molecular weight excluding hydrogens is 307 g/mol. The third-order valence-corrected chi connectivity index (χ3v) is 3.54. The molecule has 0 fully saturated rings. The third-order valence-electron chi connectivity index (χ3n) is 2.18. The maximum absolute atomic E-state index is 12.0. The van der Waals surface area contributed by atoms with Gasteiger partial charge in [-0.25, -0.2) is 8.42 Å². The molecule has 0 saturated heterocycles. The van der Waals surface area contributed by atoms with E-state index in [1.165, 1.54) is 13.0 Å². The van der Waals surface area contributed by atoms with E-state index < -0.39 is 27.7 Å². The van der Waals surface area contributed by atoms with Crippen LogP contribution in [0.5, 0.6) is 0 Å². The second kappa shape index (κ2) is 5.38. The predicted molar refractivity (Wildman–Crippen MR) is 62.6 cm³/mol. The summed E-state index contributed by atoms with van der Waals surface area (Å²) in [7, 11) is 1.05. The van der Waals surface area contributed by atoms with E-state index >= 15 is 0 Å². The minimum Gasteiger partial charge on any atom is -0.343 e. The lowest BCUT2D eigenvalue weighted by molar-refractivity contribution is -0.123. The first-order valence-electron chi connectivity index (χ1n) is 4.91. The summed E-state index contributed by atoms with van der Waals surface area (Å²) in [5.74, 6) is -1.02. The zero-order chi connectivity index (χ0) is 14.8. The average molecular weight is 316 g/mol. The summed E-state index contributed by atoms with van der Waals surface area (Å²) in [5, 5.41) is 1.66. The van der Waals surface area contributed by atoms with Gasteiger partial charge in [0.25, 0.3) is 15.0 Å². The van der Waals surface area contributed by atoms with Crippen molar-refractivity contribution in [3.05, 3.63) is 29.3 Å².